The number of pyridine rings is 1. The summed E-state index contributed by atoms with van der Waals surface area (Å²) in [7, 11) is 0. The molecule has 3 unspecified atom stereocenters. The SMILES string of the molecule is N#Cc1ccc(CCNC(=O)C2CCCN2c2cc(N3CCC(CCCC(=O)NC(CCCNC(=N)N)C(=O)NC(CCCNC(=N)N)C(=O)O)CC3)cc(C(F)(F)F)n2)cc1. The standard InChI is InChI=1S/C41H58F3N13O5/c42-41(43,44)33-23-29(24-34(55-33)57-20-4-8-32(57)37(60)50-19-14-27-10-12-28(25-45)13-11-27)56-21-15-26(16-22-56)5-1-9-35(58)53-30(6-2-17-51-39(46)47)36(59)54-31(38(61)62)7-3-18-52-40(48)49/h10-13,23-24,26,30-32H,1-9,14-22H2,(H,50,60)(H,53,58)(H,54,59)(H,61,62)(H4,46,47,51)(H4,48,49,52). The first kappa shape index (κ1) is 48.3. The Hall–Kier alpha value is -6.33. The topological polar surface area (TPSA) is 292 Å². The number of nitrogens with two attached hydrogens (primary N) is 2. The maximum absolute atomic E-state index is 14.2. The molecule has 3 atom stereocenters. The number of guanidine groups is 2. The number of nitrogens with one attached hydrogen (secondary N) is 7. The van der Waals surface area contributed by atoms with Gasteiger partial charge in [-0.15, -0.1) is 0 Å². The molecule has 0 spiro atoms. The predicted molar refractivity (Wildman–Crippen MR) is 226 cm³/mol. The highest BCUT2D eigenvalue weighted by atomic mass is 19.4. The number of aliphatic carboxylic acids is 1. The molecule has 3 amide bonds. The first-order valence-corrected chi connectivity index (χ1v) is 20.9. The first-order valence-electron chi connectivity index (χ1n) is 20.9. The van der Waals surface area contributed by atoms with Crippen LogP contribution < -0.4 is 47.9 Å². The Bertz CT molecular complexity index is 1900. The molecule has 2 aliphatic heterocycles. The third-order valence-corrected chi connectivity index (χ3v) is 11.0. The van der Waals surface area contributed by atoms with E-state index in [4.69, 9.17) is 27.5 Å². The molecule has 62 heavy (non-hydrogen) atoms. The molecule has 0 bridgehead atoms. The number of piperidine rings is 1. The number of amides is 3. The highest BCUT2D eigenvalue weighted by Gasteiger charge is 2.37. The average molecular weight is 870 g/mol. The lowest BCUT2D eigenvalue weighted by Crippen LogP contribution is -2.52. The van der Waals surface area contributed by atoms with Gasteiger partial charge in [-0.3, -0.25) is 25.2 Å². The van der Waals surface area contributed by atoms with E-state index < -0.39 is 47.8 Å². The number of hydrogen-bond donors (Lipinski definition) is 10. The Balaban J connectivity index is 1.30. The number of hydrogen-bond acceptors (Lipinski definition) is 10. The largest absolute Gasteiger partial charge is 0.480 e. The van der Waals surface area contributed by atoms with Crippen molar-refractivity contribution >= 4 is 47.1 Å². The fraction of sp³-hybridized carbons (Fsp3) is 0.561. The highest BCUT2D eigenvalue weighted by molar-refractivity contribution is 5.90. The number of anilines is 2. The number of nitrogens with zero attached hydrogens (tertiary/aromatic N) is 4. The van der Waals surface area contributed by atoms with Crippen LogP contribution in [0.1, 0.15) is 87.4 Å². The number of aromatic nitrogens is 1. The van der Waals surface area contributed by atoms with Crippen LogP contribution in [0.2, 0.25) is 0 Å². The van der Waals surface area contributed by atoms with Gasteiger partial charge < -0.3 is 53.0 Å². The number of alkyl halides is 3. The summed E-state index contributed by atoms with van der Waals surface area (Å²) >= 11 is 0. The third-order valence-electron chi connectivity index (χ3n) is 11.0. The Kier molecular flexibility index (Phi) is 18.4. The van der Waals surface area contributed by atoms with Gasteiger partial charge in [-0.2, -0.15) is 18.4 Å². The van der Waals surface area contributed by atoms with Crippen molar-refractivity contribution in [2.75, 3.05) is 49.1 Å². The van der Waals surface area contributed by atoms with E-state index in [1.54, 1.807) is 23.1 Å². The summed E-state index contributed by atoms with van der Waals surface area (Å²) in [6, 6.07) is 8.79. The van der Waals surface area contributed by atoms with E-state index in [1.807, 2.05) is 17.0 Å². The van der Waals surface area contributed by atoms with Crippen LogP contribution in [0, 0.1) is 28.1 Å². The van der Waals surface area contributed by atoms with E-state index in [0.29, 0.717) is 95.2 Å². The van der Waals surface area contributed by atoms with Crippen LogP contribution in [0.5, 0.6) is 0 Å². The number of carboxylic acid groups (broad SMARTS) is 1. The quantitative estimate of drug-likeness (QED) is 0.0462. The Morgan fingerprint density at radius 2 is 1.53 bits per heavy atom. The summed E-state index contributed by atoms with van der Waals surface area (Å²) in [5.41, 5.74) is 11.4. The Morgan fingerprint density at radius 3 is 2.13 bits per heavy atom. The maximum atomic E-state index is 14.2. The molecule has 2 fully saturated rings. The molecule has 2 saturated heterocycles. The number of carbonyl (C=O) groups excluding carboxylic acids is 3. The molecule has 18 nitrogen and oxygen atoms in total. The molecular formula is C41H58F3N13O5. The molecule has 3 heterocycles. The van der Waals surface area contributed by atoms with Crippen molar-refractivity contribution in [3.8, 4) is 6.07 Å². The first-order chi connectivity index (χ1) is 29.5. The minimum Gasteiger partial charge on any atom is -0.480 e. The fourth-order valence-electron chi connectivity index (χ4n) is 7.64. The number of carbonyl (C=O) groups is 4. The van der Waals surface area contributed by atoms with Crippen LogP contribution in [-0.2, 0) is 31.8 Å². The Labute approximate surface area is 358 Å². The predicted octanol–water partition coefficient (Wildman–Crippen LogP) is 2.27. The third kappa shape index (κ3) is 15.6. The van der Waals surface area contributed by atoms with Crippen LogP contribution in [0.25, 0.3) is 0 Å². The summed E-state index contributed by atoms with van der Waals surface area (Å²) < 4.78 is 42.6. The number of carboxylic acids is 1. The van der Waals surface area contributed by atoms with Gasteiger partial charge in [-0.1, -0.05) is 12.1 Å². The molecule has 2 aliphatic rings. The van der Waals surface area contributed by atoms with Crippen molar-refractivity contribution in [1.29, 1.82) is 16.1 Å². The molecule has 1 aromatic carbocycles. The molecule has 12 N–H and O–H groups in total. The lowest BCUT2D eigenvalue weighted by Gasteiger charge is -2.35. The van der Waals surface area contributed by atoms with E-state index in [2.05, 4.69) is 37.6 Å². The number of nitriles is 1. The Morgan fingerprint density at radius 1 is 0.887 bits per heavy atom. The zero-order valence-electron chi connectivity index (χ0n) is 34.7. The van der Waals surface area contributed by atoms with Crippen LogP contribution >= 0.6 is 0 Å². The van der Waals surface area contributed by atoms with Gasteiger partial charge in [-0.25, -0.2) is 9.78 Å². The normalized spacial score (nSPS) is 16.4. The zero-order chi connectivity index (χ0) is 45.2. The average Bonchev–Trinajstić information content (AvgIpc) is 3.73. The van der Waals surface area contributed by atoms with Crippen LogP contribution in [0.3, 0.4) is 0 Å². The van der Waals surface area contributed by atoms with Crippen LogP contribution in [-0.4, -0.2) is 103 Å². The molecular weight excluding hydrogens is 812 g/mol. The number of halogens is 3. The number of rotatable bonds is 22. The van der Waals surface area contributed by atoms with Crippen LogP contribution in [0.15, 0.2) is 36.4 Å². The second-order valence-electron chi connectivity index (χ2n) is 15.6. The second-order valence-corrected chi connectivity index (χ2v) is 15.6. The zero-order valence-corrected chi connectivity index (χ0v) is 34.7. The van der Waals surface area contributed by atoms with Crippen molar-refractivity contribution < 1.29 is 37.5 Å². The van der Waals surface area contributed by atoms with Crippen molar-refractivity contribution in [1.82, 2.24) is 31.6 Å². The molecule has 0 radical (unpaired) electrons. The van der Waals surface area contributed by atoms with Crippen molar-refractivity contribution in [2.45, 2.75) is 101 Å². The molecule has 2 aromatic rings. The lowest BCUT2D eigenvalue weighted by atomic mass is 9.91. The van der Waals surface area contributed by atoms with Gasteiger partial charge in [-0.05, 0) is 100 Å². The fourth-order valence-corrected chi connectivity index (χ4v) is 7.64. The smallest absolute Gasteiger partial charge is 0.433 e. The van der Waals surface area contributed by atoms with Crippen molar-refractivity contribution in [2.24, 2.45) is 17.4 Å². The second kappa shape index (κ2) is 23.6. The van der Waals surface area contributed by atoms with Gasteiger partial charge in [0.05, 0.1) is 11.6 Å². The minimum atomic E-state index is -4.71. The number of benzene rings is 1. The van der Waals surface area contributed by atoms with E-state index in [-0.39, 0.29) is 61.9 Å². The summed E-state index contributed by atoms with van der Waals surface area (Å²) in [6.07, 6.45) is 0.342. The van der Waals surface area contributed by atoms with E-state index >= 15 is 0 Å². The molecule has 0 aliphatic carbocycles. The lowest BCUT2D eigenvalue weighted by molar-refractivity contribution is -0.142. The molecule has 338 valence electrons. The monoisotopic (exact) mass is 869 g/mol. The molecule has 21 heteroatoms. The van der Waals surface area contributed by atoms with Gasteiger partial charge >= 0.3 is 12.1 Å². The molecule has 0 saturated carbocycles. The van der Waals surface area contributed by atoms with Gasteiger partial charge in [0.1, 0.15) is 29.6 Å². The van der Waals surface area contributed by atoms with Gasteiger partial charge in [0.15, 0.2) is 11.9 Å². The van der Waals surface area contributed by atoms with E-state index in [1.165, 1.54) is 0 Å². The minimum absolute atomic E-state index is 0.0554. The van der Waals surface area contributed by atoms with Gasteiger partial charge in [0.25, 0.3) is 0 Å². The molecule has 4 rings (SSSR count). The summed E-state index contributed by atoms with van der Waals surface area (Å²) in [5.74, 6) is -2.84. The summed E-state index contributed by atoms with van der Waals surface area (Å²) in [4.78, 5) is 58.9. The highest BCUT2D eigenvalue weighted by Crippen LogP contribution is 2.36. The van der Waals surface area contributed by atoms with Crippen LogP contribution in [0.4, 0.5) is 24.7 Å². The summed E-state index contributed by atoms with van der Waals surface area (Å²) in [6.45, 7) is 2.15. The molecule has 1 aromatic heterocycles. The van der Waals surface area contributed by atoms with E-state index in [9.17, 15) is 37.5 Å². The maximum Gasteiger partial charge on any atom is 0.433 e. The van der Waals surface area contributed by atoms with Gasteiger partial charge in [0, 0.05) is 57.4 Å². The van der Waals surface area contributed by atoms with E-state index in [0.717, 1.165) is 11.6 Å². The summed E-state index contributed by atoms with van der Waals surface area (Å²) in [5, 5.41) is 46.6. The van der Waals surface area contributed by atoms with Crippen molar-refractivity contribution in [3.05, 3.63) is 53.2 Å². The van der Waals surface area contributed by atoms with Crippen molar-refractivity contribution in [3.63, 3.8) is 0 Å². The van der Waals surface area contributed by atoms with Gasteiger partial charge in [0.2, 0.25) is 17.7 Å².